The van der Waals surface area contributed by atoms with Crippen molar-refractivity contribution in [3.05, 3.63) is 48.0 Å². The van der Waals surface area contributed by atoms with Crippen LogP contribution in [0.1, 0.15) is 37.6 Å². The molecule has 2 rings (SSSR count). The highest BCUT2D eigenvalue weighted by molar-refractivity contribution is 6.08. The Balaban J connectivity index is 2.36. The van der Waals surface area contributed by atoms with E-state index < -0.39 is 11.4 Å². The highest BCUT2D eigenvalue weighted by atomic mass is 16.2. The molecule has 2 amide bonds. The highest BCUT2D eigenvalue weighted by Gasteiger charge is 2.34. The largest absolute Gasteiger partial charge is 0.368 e. The number of carbonyl (C=O) groups excluding carboxylic acids is 2. The minimum absolute atomic E-state index is 0.241. The van der Waals surface area contributed by atoms with E-state index in [1.54, 1.807) is 13.0 Å². The second-order valence-corrected chi connectivity index (χ2v) is 6.28. The molecule has 1 atom stereocenters. The lowest BCUT2D eigenvalue weighted by Gasteiger charge is -2.29. The topological polar surface area (TPSA) is 72.2 Å². The first-order chi connectivity index (χ1) is 10.3. The van der Waals surface area contributed by atoms with Crippen molar-refractivity contribution in [2.24, 2.45) is 11.7 Å². The summed E-state index contributed by atoms with van der Waals surface area (Å²) in [7, 11) is 0. The van der Waals surface area contributed by atoms with Crippen LogP contribution in [0.15, 0.2) is 42.5 Å². The van der Waals surface area contributed by atoms with E-state index in [2.05, 4.69) is 5.32 Å². The van der Waals surface area contributed by atoms with Gasteiger partial charge in [-0.05, 0) is 36.1 Å². The van der Waals surface area contributed by atoms with Crippen molar-refractivity contribution in [1.29, 1.82) is 0 Å². The molecule has 0 fully saturated rings. The van der Waals surface area contributed by atoms with Crippen LogP contribution >= 0.6 is 0 Å². The fourth-order valence-corrected chi connectivity index (χ4v) is 2.77. The summed E-state index contributed by atoms with van der Waals surface area (Å²) in [6, 6.07) is 13.2. The number of nitrogens with two attached hydrogens (primary N) is 1. The van der Waals surface area contributed by atoms with Crippen LogP contribution in [0, 0.1) is 5.92 Å². The van der Waals surface area contributed by atoms with Gasteiger partial charge in [0.15, 0.2) is 0 Å². The zero-order chi connectivity index (χ0) is 16.3. The average molecular weight is 298 g/mol. The zero-order valence-corrected chi connectivity index (χ0v) is 13.2. The number of nitrogens with one attached hydrogen (secondary N) is 1. The van der Waals surface area contributed by atoms with Gasteiger partial charge in [0.05, 0.1) is 0 Å². The molecule has 0 spiro atoms. The van der Waals surface area contributed by atoms with Crippen molar-refractivity contribution < 1.29 is 9.59 Å². The molecule has 4 nitrogen and oxygen atoms in total. The predicted octanol–water partition coefficient (Wildman–Crippen LogP) is 2.86. The van der Waals surface area contributed by atoms with E-state index in [9.17, 15) is 9.59 Å². The van der Waals surface area contributed by atoms with E-state index in [-0.39, 0.29) is 11.8 Å². The Labute approximate surface area is 130 Å². The molecule has 4 heteroatoms. The third kappa shape index (κ3) is 3.27. The van der Waals surface area contributed by atoms with E-state index >= 15 is 0 Å². The van der Waals surface area contributed by atoms with Crippen LogP contribution in [0.25, 0.3) is 10.8 Å². The maximum atomic E-state index is 12.6. The van der Waals surface area contributed by atoms with Crippen LogP contribution in [-0.2, 0) is 4.79 Å². The third-order valence-electron chi connectivity index (χ3n) is 3.78. The van der Waals surface area contributed by atoms with E-state index in [4.69, 9.17) is 5.73 Å². The molecular weight excluding hydrogens is 276 g/mol. The third-order valence-corrected chi connectivity index (χ3v) is 3.78. The normalized spacial score (nSPS) is 13.8. The standard InChI is InChI=1S/C18H22N2O2/c1-12(2)11-18(3,17(19)22)20-16(21)15-10-6-8-13-7-4-5-9-14(13)15/h4-10,12H,11H2,1-3H3,(H2,19,22)(H,20,21). The first kappa shape index (κ1) is 16.0. The van der Waals surface area contributed by atoms with Gasteiger partial charge in [-0.15, -0.1) is 0 Å². The van der Waals surface area contributed by atoms with Gasteiger partial charge in [0.1, 0.15) is 5.54 Å². The van der Waals surface area contributed by atoms with Crippen LogP contribution in [0.4, 0.5) is 0 Å². The molecule has 0 heterocycles. The van der Waals surface area contributed by atoms with E-state index in [1.165, 1.54) is 0 Å². The van der Waals surface area contributed by atoms with Crippen molar-refractivity contribution in [2.45, 2.75) is 32.7 Å². The van der Waals surface area contributed by atoms with E-state index in [0.717, 1.165) is 10.8 Å². The average Bonchev–Trinajstić information content (AvgIpc) is 2.45. The quantitative estimate of drug-likeness (QED) is 0.891. The second kappa shape index (κ2) is 6.18. The number of amides is 2. The van der Waals surface area contributed by atoms with E-state index in [0.29, 0.717) is 12.0 Å². The summed E-state index contributed by atoms with van der Waals surface area (Å²) in [5.74, 6) is -0.557. The van der Waals surface area contributed by atoms with Gasteiger partial charge in [0.2, 0.25) is 5.91 Å². The molecule has 0 aromatic heterocycles. The minimum atomic E-state index is -1.05. The lowest BCUT2D eigenvalue weighted by Crippen LogP contribution is -2.56. The summed E-state index contributed by atoms with van der Waals surface area (Å²) in [6.45, 7) is 5.66. The Kier molecular flexibility index (Phi) is 4.50. The van der Waals surface area contributed by atoms with Crippen molar-refractivity contribution in [3.8, 4) is 0 Å². The van der Waals surface area contributed by atoms with Crippen LogP contribution in [0.5, 0.6) is 0 Å². The summed E-state index contributed by atoms with van der Waals surface area (Å²) in [5.41, 5.74) is 5.00. The first-order valence-corrected chi connectivity index (χ1v) is 7.43. The first-order valence-electron chi connectivity index (χ1n) is 7.43. The van der Waals surface area contributed by atoms with Crippen molar-refractivity contribution >= 4 is 22.6 Å². The SMILES string of the molecule is CC(C)CC(C)(NC(=O)c1cccc2ccccc12)C(N)=O. The number of rotatable bonds is 5. The molecule has 0 saturated carbocycles. The number of hydrogen-bond donors (Lipinski definition) is 2. The van der Waals surface area contributed by atoms with Gasteiger partial charge in [-0.25, -0.2) is 0 Å². The molecule has 1 unspecified atom stereocenters. The Morgan fingerprint density at radius 1 is 1.14 bits per heavy atom. The number of hydrogen-bond acceptors (Lipinski definition) is 2. The number of fused-ring (bicyclic) bond motifs is 1. The van der Waals surface area contributed by atoms with Crippen LogP contribution in [0.3, 0.4) is 0 Å². The van der Waals surface area contributed by atoms with Gasteiger partial charge >= 0.3 is 0 Å². The van der Waals surface area contributed by atoms with Crippen molar-refractivity contribution in [2.75, 3.05) is 0 Å². The lowest BCUT2D eigenvalue weighted by molar-refractivity contribution is -0.124. The molecule has 0 aliphatic rings. The van der Waals surface area contributed by atoms with Crippen molar-refractivity contribution in [1.82, 2.24) is 5.32 Å². The molecular formula is C18H22N2O2. The molecule has 0 bridgehead atoms. The van der Waals surface area contributed by atoms with Crippen LogP contribution in [0.2, 0.25) is 0 Å². The van der Waals surface area contributed by atoms with Gasteiger partial charge in [-0.3, -0.25) is 9.59 Å². The van der Waals surface area contributed by atoms with Gasteiger partial charge in [-0.1, -0.05) is 50.2 Å². The van der Waals surface area contributed by atoms with Crippen molar-refractivity contribution in [3.63, 3.8) is 0 Å². The fourth-order valence-electron chi connectivity index (χ4n) is 2.77. The molecule has 0 saturated heterocycles. The molecule has 2 aromatic carbocycles. The number of carbonyl (C=O) groups is 2. The Bertz CT molecular complexity index is 704. The molecule has 116 valence electrons. The molecule has 22 heavy (non-hydrogen) atoms. The van der Waals surface area contributed by atoms with Gasteiger partial charge in [0.25, 0.3) is 5.91 Å². The zero-order valence-electron chi connectivity index (χ0n) is 13.2. The Hall–Kier alpha value is -2.36. The maximum absolute atomic E-state index is 12.6. The lowest BCUT2D eigenvalue weighted by atomic mass is 9.89. The summed E-state index contributed by atoms with van der Waals surface area (Å²) < 4.78 is 0. The molecule has 0 radical (unpaired) electrons. The minimum Gasteiger partial charge on any atom is -0.368 e. The van der Waals surface area contributed by atoms with Crippen LogP contribution < -0.4 is 11.1 Å². The number of primary amides is 1. The molecule has 3 N–H and O–H groups in total. The summed E-state index contributed by atoms with van der Waals surface area (Å²) in [5, 5.41) is 4.67. The van der Waals surface area contributed by atoms with Gasteiger partial charge in [0, 0.05) is 5.56 Å². The fraction of sp³-hybridized carbons (Fsp3) is 0.333. The summed E-state index contributed by atoms with van der Waals surface area (Å²) in [4.78, 5) is 24.4. The predicted molar refractivity (Wildman–Crippen MR) is 88.5 cm³/mol. The number of benzene rings is 2. The van der Waals surface area contributed by atoms with Crippen LogP contribution in [-0.4, -0.2) is 17.4 Å². The second-order valence-electron chi connectivity index (χ2n) is 6.28. The van der Waals surface area contributed by atoms with E-state index in [1.807, 2.05) is 50.2 Å². The summed E-state index contributed by atoms with van der Waals surface area (Å²) in [6.07, 6.45) is 0.499. The molecule has 0 aliphatic heterocycles. The smallest absolute Gasteiger partial charge is 0.252 e. The van der Waals surface area contributed by atoms with Gasteiger partial charge in [-0.2, -0.15) is 0 Å². The summed E-state index contributed by atoms with van der Waals surface area (Å²) >= 11 is 0. The Morgan fingerprint density at radius 2 is 1.77 bits per heavy atom. The Morgan fingerprint density at radius 3 is 2.41 bits per heavy atom. The highest BCUT2D eigenvalue weighted by Crippen LogP contribution is 2.21. The molecule has 0 aliphatic carbocycles. The molecule has 2 aromatic rings. The monoisotopic (exact) mass is 298 g/mol. The van der Waals surface area contributed by atoms with Gasteiger partial charge < -0.3 is 11.1 Å². The maximum Gasteiger partial charge on any atom is 0.252 e.